The molecule has 2 aromatic carbocycles. The lowest BCUT2D eigenvalue weighted by molar-refractivity contribution is 0.0668. The Morgan fingerprint density at radius 1 is 1.03 bits per heavy atom. The van der Waals surface area contributed by atoms with Crippen LogP contribution in [-0.4, -0.2) is 66.4 Å². The monoisotopic (exact) mass is 443 g/mol. The third kappa shape index (κ3) is 6.45. The quantitative estimate of drug-likeness (QED) is 0.469. The zero-order valence-electron chi connectivity index (χ0n) is 19.6. The summed E-state index contributed by atoms with van der Waals surface area (Å²) in [7, 11) is 5.62. The van der Waals surface area contributed by atoms with Crippen molar-refractivity contribution in [1.29, 1.82) is 0 Å². The highest BCUT2D eigenvalue weighted by Crippen LogP contribution is 2.29. The van der Waals surface area contributed by atoms with Crippen molar-refractivity contribution < 1.29 is 19.0 Å². The molecule has 1 unspecified atom stereocenters. The zero-order valence-corrected chi connectivity index (χ0v) is 19.6. The van der Waals surface area contributed by atoms with Gasteiger partial charge in [-0.15, -0.1) is 0 Å². The first-order valence-electron chi connectivity index (χ1n) is 10.9. The highest BCUT2D eigenvalue weighted by atomic mass is 19.1. The van der Waals surface area contributed by atoms with E-state index in [-0.39, 0.29) is 12.4 Å². The summed E-state index contributed by atoms with van der Waals surface area (Å²) in [6.07, 6.45) is -0.592. The number of ether oxygens (including phenoxy) is 2. The average Bonchev–Trinajstić information content (AvgIpc) is 3.13. The molecule has 0 aliphatic carbocycles. The maximum atomic E-state index is 13.4. The first kappa shape index (κ1) is 24.0. The number of aromatic nitrogens is 1. The summed E-state index contributed by atoms with van der Waals surface area (Å²) >= 11 is 0. The van der Waals surface area contributed by atoms with Gasteiger partial charge in [-0.05, 0) is 69.9 Å². The molecule has 0 bridgehead atoms. The zero-order chi connectivity index (χ0) is 23.3. The molecule has 0 aliphatic rings. The number of nitrogens with one attached hydrogen (secondary N) is 1. The highest BCUT2D eigenvalue weighted by Gasteiger charge is 2.14. The van der Waals surface area contributed by atoms with E-state index < -0.39 is 6.10 Å². The maximum absolute atomic E-state index is 13.4. The standard InChI is InChI=1S/C25H34FN3O3/c1-17(2)29(4)15-22(30)16-32-25-10-18(6-9-24(25)31-5)13-28(3)14-21-12-19-11-20(26)7-8-23(19)27-21/h6-12,17,22,27,30H,13-16H2,1-5H3. The van der Waals surface area contributed by atoms with Crippen molar-refractivity contribution in [3.05, 3.63) is 59.5 Å². The molecule has 1 heterocycles. The SMILES string of the molecule is COc1ccc(CN(C)Cc2cc3cc(F)ccc3[nH]2)cc1OCC(O)CN(C)C(C)C. The van der Waals surface area contributed by atoms with Crippen LogP contribution in [0.3, 0.4) is 0 Å². The van der Waals surface area contributed by atoms with Gasteiger partial charge in [0, 0.05) is 42.3 Å². The van der Waals surface area contributed by atoms with E-state index in [0.717, 1.165) is 22.2 Å². The van der Waals surface area contributed by atoms with E-state index >= 15 is 0 Å². The van der Waals surface area contributed by atoms with Crippen LogP contribution in [0.1, 0.15) is 25.1 Å². The van der Waals surface area contributed by atoms with E-state index in [2.05, 4.69) is 28.6 Å². The summed E-state index contributed by atoms with van der Waals surface area (Å²) < 4.78 is 24.8. The van der Waals surface area contributed by atoms with Crippen LogP contribution in [-0.2, 0) is 13.1 Å². The van der Waals surface area contributed by atoms with Gasteiger partial charge in [-0.1, -0.05) is 6.07 Å². The Bertz CT molecular complexity index is 1020. The van der Waals surface area contributed by atoms with E-state index in [1.165, 1.54) is 12.1 Å². The van der Waals surface area contributed by atoms with Crippen LogP contribution in [0.15, 0.2) is 42.5 Å². The molecule has 0 amide bonds. The van der Waals surface area contributed by atoms with Crippen LogP contribution in [0, 0.1) is 5.82 Å². The van der Waals surface area contributed by atoms with Crippen LogP contribution in [0.25, 0.3) is 10.9 Å². The number of likely N-dealkylation sites (N-methyl/N-ethyl adjacent to an activating group) is 1. The number of aliphatic hydroxyl groups excluding tert-OH is 1. The predicted octanol–water partition coefficient (Wildman–Crippen LogP) is 4.03. The van der Waals surface area contributed by atoms with E-state index in [1.54, 1.807) is 13.2 Å². The summed E-state index contributed by atoms with van der Waals surface area (Å²) in [5.41, 5.74) is 3.02. The minimum atomic E-state index is -0.592. The molecule has 3 aromatic rings. The van der Waals surface area contributed by atoms with Crippen molar-refractivity contribution in [2.45, 2.75) is 39.1 Å². The third-order valence-electron chi connectivity index (χ3n) is 5.57. The van der Waals surface area contributed by atoms with Crippen molar-refractivity contribution >= 4 is 10.9 Å². The summed E-state index contributed by atoms with van der Waals surface area (Å²) in [6.45, 7) is 6.30. The number of nitrogens with zero attached hydrogens (tertiary/aromatic N) is 2. The second-order valence-corrected chi connectivity index (χ2v) is 8.68. The first-order valence-corrected chi connectivity index (χ1v) is 10.9. The Morgan fingerprint density at radius 2 is 1.81 bits per heavy atom. The molecule has 1 atom stereocenters. The average molecular weight is 444 g/mol. The molecule has 0 fully saturated rings. The molecule has 6 nitrogen and oxygen atoms in total. The van der Waals surface area contributed by atoms with Gasteiger partial charge < -0.3 is 24.5 Å². The Labute approximate surface area is 189 Å². The second-order valence-electron chi connectivity index (χ2n) is 8.68. The Morgan fingerprint density at radius 3 is 2.53 bits per heavy atom. The van der Waals surface area contributed by atoms with Gasteiger partial charge in [0.2, 0.25) is 0 Å². The number of hydrogen-bond acceptors (Lipinski definition) is 5. The smallest absolute Gasteiger partial charge is 0.161 e. The molecule has 0 spiro atoms. The van der Waals surface area contributed by atoms with Gasteiger partial charge in [0.1, 0.15) is 18.5 Å². The lowest BCUT2D eigenvalue weighted by Gasteiger charge is -2.24. The van der Waals surface area contributed by atoms with Crippen LogP contribution < -0.4 is 9.47 Å². The molecule has 0 aliphatic heterocycles. The van der Waals surface area contributed by atoms with Gasteiger partial charge in [-0.2, -0.15) is 0 Å². The van der Waals surface area contributed by atoms with Gasteiger partial charge in [-0.25, -0.2) is 4.39 Å². The lowest BCUT2D eigenvalue weighted by atomic mass is 10.2. The molecule has 7 heteroatoms. The summed E-state index contributed by atoms with van der Waals surface area (Å²) in [4.78, 5) is 7.58. The molecule has 0 saturated heterocycles. The second kappa shape index (κ2) is 10.8. The van der Waals surface area contributed by atoms with Crippen molar-refractivity contribution in [1.82, 2.24) is 14.8 Å². The number of rotatable bonds is 11. The Hall–Kier alpha value is -2.61. The number of H-pyrrole nitrogens is 1. The molecule has 2 N–H and O–H groups in total. The largest absolute Gasteiger partial charge is 0.493 e. The lowest BCUT2D eigenvalue weighted by Crippen LogP contribution is -2.37. The van der Waals surface area contributed by atoms with E-state index in [4.69, 9.17) is 9.47 Å². The Kier molecular flexibility index (Phi) is 8.12. The molecule has 0 saturated carbocycles. The molecule has 1 aromatic heterocycles. The number of fused-ring (bicyclic) bond motifs is 1. The molecule has 174 valence electrons. The van der Waals surface area contributed by atoms with Crippen LogP contribution >= 0.6 is 0 Å². The van der Waals surface area contributed by atoms with Crippen molar-refractivity contribution in [3.63, 3.8) is 0 Å². The fourth-order valence-electron chi connectivity index (χ4n) is 3.62. The van der Waals surface area contributed by atoms with E-state index in [9.17, 15) is 9.50 Å². The number of aromatic amines is 1. The number of hydrogen-bond donors (Lipinski definition) is 2. The van der Waals surface area contributed by atoms with Crippen LogP contribution in [0.2, 0.25) is 0 Å². The minimum Gasteiger partial charge on any atom is -0.493 e. The Balaban J connectivity index is 1.61. The molecular weight excluding hydrogens is 409 g/mol. The summed E-state index contributed by atoms with van der Waals surface area (Å²) in [5, 5.41) is 11.2. The van der Waals surface area contributed by atoms with Gasteiger partial charge in [0.05, 0.1) is 7.11 Å². The minimum absolute atomic E-state index is 0.193. The normalized spacial score (nSPS) is 12.8. The van der Waals surface area contributed by atoms with Gasteiger partial charge in [-0.3, -0.25) is 4.90 Å². The summed E-state index contributed by atoms with van der Waals surface area (Å²) in [6, 6.07) is 12.9. The molecule has 0 radical (unpaired) electrons. The van der Waals surface area contributed by atoms with Crippen LogP contribution in [0.4, 0.5) is 4.39 Å². The van der Waals surface area contributed by atoms with Crippen molar-refractivity contribution in [2.75, 3.05) is 34.4 Å². The van der Waals surface area contributed by atoms with E-state index in [1.807, 2.05) is 38.4 Å². The highest BCUT2D eigenvalue weighted by molar-refractivity contribution is 5.80. The fraction of sp³-hybridized carbons (Fsp3) is 0.440. The maximum Gasteiger partial charge on any atom is 0.161 e. The van der Waals surface area contributed by atoms with E-state index in [0.29, 0.717) is 37.2 Å². The molecule has 32 heavy (non-hydrogen) atoms. The number of methoxy groups -OCH3 is 1. The predicted molar refractivity (Wildman–Crippen MR) is 126 cm³/mol. The summed E-state index contributed by atoms with van der Waals surface area (Å²) in [5.74, 6) is 1.02. The topological polar surface area (TPSA) is 61.0 Å². The van der Waals surface area contributed by atoms with Gasteiger partial charge >= 0.3 is 0 Å². The van der Waals surface area contributed by atoms with Crippen molar-refractivity contribution in [3.8, 4) is 11.5 Å². The molecule has 3 rings (SSSR count). The van der Waals surface area contributed by atoms with Gasteiger partial charge in [0.15, 0.2) is 11.5 Å². The number of halogens is 1. The third-order valence-corrected chi connectivity index (χ3v) is 5.57. The number of aliphatic hydroxyl groups is 1. The van der Waals surface area contributed by atoms with Crippen LogP contribution in [0.5, 0.6) is 11.5 Å². The number of benzene rings is 2. The fourth-order valence-corrected chi connectivity index (χ4v) is 3.62. The van der Waals surface area contributed by atoms with Crippen molar-refractivity contribution in [2.24, 2.45) is 0 Å². The molecular formula is C25H34FN3O3. The first-order chi connectivity index (χ1) is 15.2. The van der Waals surface area contributed by atoms with Gasteiger partial charge in [0.25, 0.3) is 0 Å².